The molecule has 2 aromatic carbocycles. The van der Waals surface area contributed by atoms with E-state index in [4.69, 9.17) is 11.6 Å². The van der Waals surface area contributed by atoms with E-state index in [9.17, 15) is 4.79 Å². The van der Waals surface area contributed by atoms with Crippen molar-refractivity contribution in [2.45, 2.75) is 18.9 Å². The molecular formula is C22H26ClN3O. The zero-order valence-electron chi connectivity index (χ0n) is 15.8. The number of nitrogens with zero attached hydrogens (tertiary/aromatic N) is 3. The van der Waals surface area contributed by atoms with Crippen molar-refractivity contribution in [1.29, 1.82) is 0 Å². The van der Waals surface area contributed by atoms with Crippen LogP contribution in [-0.2, 0) is 0 Å². The first kappa shape index (κ1) is 18.3. The van der Waals surface area contributed by atoms with Gasteiger partial charge in [0, 0.05) is 38.3 Å². The van der Waals surface area contributed by atoms with E-state index in [1.165, 1.54) is 18.4 Å². The minimum absolute atomic E-state index is 0.0619. The smallest absolute Gasteiger partial charge is 0.254 e. The molecule has 27 heavy (non-hydrogen) atoms. The van der Waals surface area contributed by atoms with Gasteiger partial charge in [0.05, 0.1) is 16.8 Å². The quantitative estimate of drug-likeness (QED) is 0.799. The van der Waals surface area contributed by atoms with Gasteiger partial charge in [0.2, 0.25) is 0 Å². The number of benzene rings is 2. The third-order valence-electron chi connectivity index (χ3n) is 5.67. The Morgan fingerprint density at radius 2 is 1.74 bits per heavy atom. The van der Waals surface area contributed by atoms with Crippen LogP contribution in [0.3, 0.4) is 0 Å². The van der Waals surface area contributed by atoms with E-state index in [0.717, 1.165) is 38.4 Å². The van der Waals surface area contributed by atoms with Crippen LogP contribution in [0.2, 0.25) is 5.02 Å². The van der Waals surface area contributed by atoms with Gasteiger partial charge in [-0.05, 0) is 43.7 Å². The second-order valence-electron chi connectivity index (χ2n) is 7.55. The average molecular weight is 384 g/mol. The molecule has 2 aromatic rings. The first-order valence-corrected chi connectivity index (χ1v) is 10.1. The van der Waals surface area contributed by atoms with Gasteiger partial charge in [0.1, 0.15) is 0 Å². The monoisotopic (exact) mass is 383 g/mol. The summed E-state index contributed by atoms with van der Waals surface area (Å²) in [6, 6.07) is 16.1. The van der Waals surface area contributed by atoms with E-state index in [1.807, 2.05) is 41.3 Å². The Balaban J connectivity index is 1.59. The summed E-state index contributed by atoms with van der Waals surface area (Å²) in [6.07, 6.45) is 2.41. The molecule has 2 saturated heterocycles. The van der Waals surface area contributed by atoms with Gasteiger partial charge in [-0.1, -0.05) is 41.9 Å². The lowest BCUT2D eigenvalue weighted by Crippen LogP contribution is -2.49. The van der Waals surface area contributed by atoms with E-state index >= 15 is 0 Å². The summed E-state index contributed by atoms with van der Waals surface area (Å²) in [4.78, 5) is 19.9. The molecule has 1 amide bonds. The Morgan fingerprint density at radius 1 is 1.00 bits per heavy atom. The second-order valence-corrected chi connectivity index (χ2v) is 7.95. The third kappa shape index (κ3) is 3.83. The second kappa shape index (κ2) is 7.91. The van der Waals surface area contributed by atoms with Crippen molar-refractivity contribution >= 4 is 23.2 Å². The number of amides is 1. The number of hydrogen-bond acceptors (Lipinski definition) is 3. The number of piperazine rings is 1. The number of hydrogen-bond donors (Lipinski definition) is 0. The van der Waals surface area contributed by atoms with Crippen molar-refractivity contribution in [2.75, 3.05) is 44.7 Å². The molecule has 4 nitrogen and oxygen atoms in total. The summed E-state index contributed by atoms with van der Waals surface area (Å²) in [5.41, 5.74) is 2.90. The summed E-state index contributed by atoms with van der Waals surface area (Å²) in [5.74, 6) is 0.0619. The van der Waals surface area contributed by atoms with Gasteiger partial charge in [-0.2, -0.15) is 0 Å². The Morgan fingerprint density at radius 3 is 2.44 bits per heavy atom. The summed E-state index contributed by atoms with van der Waals surface area (Å²) in [6.45, 7) is 4.54. The van der Waals surface area contributed by atoms with E-state index in [-0.39, 0.29) is 11.9 Å². The van der Waals surface area contributed by atoms with Crippen molar-refractivity contribution in [3.63, 3.8) is 0 Å². The fourth-order valence-electron chi connectivity index (χ4n) is 4.14. The molecule has 2 fully saturated rings. The van der Waals surface area contributed by atoms with Gasteiger partial charge in [-0.15, -0.1) is 0 Å². The molecule has 2 heterocycles. The molecule has 2 aliphatic heterocycles. The molecule has 0 radical (unpaired) electrons. The Hall–Kier alpha value is -2.04. The molecule has 2 aliphatic rings. The molecule has 0 bridgehead atoms. The predicted molar refractivity (Wildman–Crippen MR) is 111 cm³/mol. The van der Waals surface area contributed by atoms with Crippen LogP contribution in [0.4, 0.5) is 5.69 Å². The van der Waals surface area contributed by atoms with Gasteiger partial charge in [-0.25, -0.2) is 0 Å². The van der Waals surface area contributed by atoms with Crippen molar-refractivity contribution in [1.82, 2.24) is 9.80 Å². The van der Waals surface area contributed by atoms with Gasteiger partial charge >= 0.3 is 0 Å². The molecule has 5 heteroatoms. The predicted octanol–water partition coefficient (Wildman–Crippen LogP) is 4.07. The highest BCUT2D eigenvalue weighted by atomic mass is 35.5. The number of likely N-dealkylation sites (N-methyl/N-ethyl adjacent to an activating group) is 1. The third-order valence-corrected chi connectivity index (χ3v) is 5.97. The van der Waals surface area contributed by atoms with Crippen molar-refractivity contribution in [2.24, 2.45) is 0 Å². The normalized spacial score (nSPS) is 20.9. The van der Waals surface area contributed by atoms with Crippen LogP contribution in [0.5, 0.6) is 0 Å². The van der Waals surface area contributed by atoms with Gasteiger partial charge in [-0.3, -0.25) is 4.79 Å². The topological polar surface area (TPSA) is 26.8 Å². The highest BCUT2D eigenvalue weighted by Crippen LogP contribution is 2.32. The van der Waals surface area contributed by atoms with Crippen LogP contribution >= 0.6 is 11.6 Å². The zero-order chi connectivity index (χ0) is 18.8. The zero-order valence-corrected chi connectivity index (χ0v) is 16.5. The molecule has 0 saturated carbocycles. The SMILES string of the molecule is CN1CCN(C(=O)c2ccc(N3CCCC3)c(Cl)c2)C(c2ccccc2)C1. The lowest BCUT2D eigenvalue weighted by molar-refractivity contribution is 0.0498. The fraction of sp³-hybridized carbons (Fsp3) is 0.409. The van der Waals surface area contributed by atoms with E-state index in [1.54, 1.807) is 0 Å². The van der Waals surface area contributed by atoms with Gasteiger partial charge in [0.15, 0.2) is 0 Å². The van der Waals surface area contributed by atoms with Crippen LogP contribution < -0.4 is 4.90 Å². The minimum atomic E-state index is 0.0619. The number of carbonyl (C=O) groups excluding carboxylic acids is 1. The molecule has 0 aromatic heterocycles. The highest BCUT2D eigenvalue weighted by molar-refractivity contribution is 6.33. The molecule has 0 N–H and O–H groups in total. The van der Waals surface area contributed by atoms with E-state index in [0.29, 0.717) is 10.6 Å². The number of carbonyl (C=O) groups is 1. The minimum Gasteiger partial charge on any atom is -0.370 e. The largest absolute Gasteiger partial charge is 0.370 e. The van der Waals surface area contributed by atoms with Crippen LogP contribution in [0.1, 0.15) is 34.8 Å². The lowest BCUT2D eigenvalue weighted by Gasteiger charge is -2.40. The van der Waals surface area contributed by atoms with Gasteiger partial charge in [0.25, 0.3) is 5.91 Å². The van der Waals surface area contributed by atoms with Crippen molar-refractivity contribution in [3.8, 4) is 0 Å². The maximum Gasteiger partial charge on any atom is 0.254 e. The fourth-order valence-corrected chi connectivity index (χ4v) is 4.44. The van der Waals surface area contributed by atoms with E-state index < -0.39 is 0 Å². The molecule has 142 valence electrons. The number of rotatable bonds is 3. The molecule has 0 spiro atoms. The molecular weight excluding hydrogens is 358 g/mol. The summed E-state index contributed by atoms with van der Waals surface area (Å²) in [5, 5.41) is 0.674. The maximum atomic E-state index is 13.3. The van der Waals surface area contributed by atoms with Crippen molar-refractivity contribution in [3.05, 3.63) is 64.7 Å². The molecule has 4 rings (SSSR count). The van der Waals surface area contributed by atoms with Gasteiger partial charge < -0.3 is 14.7 Å². The van der Waals surface area contributed by atoms with Crippen molar-refractivity contribution < 1.29 is 4.79 Å². The Labute approximate surface area is 166 Å². The van der Waals surface area contributed by atoms with Crippen LogP contribution in [0.25, 0.3) is 0 Å². The van der Waals surface area contributed by atoms with E-state index in [2.05, 4.69) is 29.0 Å². The summed E-state index contributed by atoms with van der Waals surface area (Å²) >= 11 is 6.55. The molecule has 1 unspecified atom stereocenters. The Kier molecular flexibility index (Phi) is 5.37. The molecule has 1 atom stereocenters. The van der Waals surface area contributed by atoms with Crippen LogP contribution in [0, 0.1) is 0 Å². The summed E-state index contributed by atoms with van der Waals surface area (Å²) < 4.78 is 0. The number of anilines is 1. The Bertz CT molecular complexity index is 804. The summed E-state index contributed by atoms with van der Waals surface area (Å²) in [7, 11) is 2.11. The lowest BCUT2D eigenvalue weighted by atomic mass is 10.0. The van der Waals surface area contributed by atoms with Crippen LogP contribution in [-0.4, -0.2) is 55.5 Å². The van der Waals surface area contributed by atoms with Crippen LogP contribution in [0.15, 0.2) is 48.5 Å². The number of halogens is 1. The highest BCUT2D eigenvalue weighted by Gasteiger charge is 2.31. The standard InChI is InChI=1S/C22H26ClN3O/c1-24-13-14-26(21(16-24)17-7-3-2-4-8-17)22(27)18-9-10-20(19(23)15-18)25-11-5-6-12-25/h2-4,7-10,15,21H,5-6,11-14,16H2,1H3. The first-order valence-electron chi connectivity index (χ1n) is 9.72. The molecule has 0 aliphatic carbocycles. The maximum absolute atomic E-state index is 13.3. The first-order chi connectivity index (χ1) is 13.1. The average Bonchev–Trinajstić information content (AvgIpc) is 3.22.